The van der Waals surface area contributed by atoms with Crippen molar-refractivity contribution < 1.29 is 23.9 Å². The summed E-state index contributed by atoms with van der Waals surface area (Å²) in [5.74, 6) is -0.997. The maximum Gasteiger partial charge on any atom is 0.338 e. The molecule has 0 saturated heterocycles. The molecule has 0 N–H and O–H groups in total. The molecule has 1 atom stereocenters. The van der Waals surface area contributed by atoms with Gasteiger partial charge in [0.1, 0.15) is 10.3 Å². The molecule has 0 fully saturated rings. The van der Waals surface area contributed by atoms with E-state index in [2.05, 4.69) is 4.99 Å². The molecule has 2 aliphatic heterocycles. The largest absolute Gasteiger partial charge is 0.466 e. The van der Waals surface area contributed by atoms with Crippen molar-refractivity contribution in [1.82, 2.24) is 4.57 Å². The Labute approximate surface area is 215 Å². The predicted molar refractivity (Wildman–Crippen MR) is 137 cm³/mol. The number of ether oxygens (including phenoxy) is 2. The Morgan fingerprint density at radius 3 is 2.43 bits per heavy atom. The van der Waals surface area contributed by atoms with Crippen LogP contribution in [0, 0.1) is 0 Å². The fraction of sp³-hybridized carbons (Fsp3) is 0.222. The van der Waals surface area contributed by atoms with E-state index in [0.29, 0.717) is 39.5 Å². The van der Waals surface area contributed by atoms with Crippen LogP contribution >= 0.6 is 11.3 Å². The number of nitrogens with zero attached hydrogens (tertiary/aromatic N) is 3. The molecule has 3 aromatic rings. The molecule has 10 heteroatoms. The Hall–Kier alpha value is -4.31. The van der Waals surface area contributed by atoms with Crippen molar-refractivity contribution in [1.29, 1.82) is 0 Å². The van der Waals surface area contributed by atoms with Crippen LogP contribution in [-0.4, -0.2) is 36.1 Å². The molecule has 0 bridgehead atoms. The van der Waals surface area contributed by atoms with Gasteiger partial charge in [-0.1, -0.05) is 41.7 Å². The lowest BCUT2D eigenvalue weighted by molar-refractivity contribution is -0.136. The summed E-state index contributed by atoms with van der Waals surface area (Å²) in [6.07, 6.45) is 0. The van der Waals surface area contributed by atoms with Gasteiger partial charge in [0.05, 0.1) is 35.7 Å². The van der Waals surface area contributed by atoms with E-state index in [-0.39, 0.29) is 16.0 Å². The van der Waals surface area contributed by atoms with Gasteiger partial charge in [-0.15, -0.1) is 0 Å². The number of hydrogen-bond acceptors (Lipinski definition) is 8. The molecule has 1 aromatic heterocycles. The van der Waals surface area contributed by atoms with Crippen LogP contribution in [0.25, 0.3) is 5.57 Å². The molecular formula is C27H23N3O6S. The molecule has 0 saturated carbocycles. The number of anilines is 1. The van der Waals surface area contributed by atoms with E-state index in [9.17, 15) is 19.2 Å². The van der Waals surface area contributed by atoms with Gasteiger partial charge in [0.15, 0.2) is 4.80 Å². The monoisotopic (exact) mass is 517 g/mol. The zero-order valence-corrected chi connectivity index (χ0v) is 21.4. The molecular weight excluding hydrogens is 494 g/mol. The maximum absolute atomic E-state index is 14.0. The molecule has 1 amide bonds. The number of thiazole rings is 1. The molecule has 0 spiro atoms. The quantitative estimate of drug-likeness (QED) is 0.387. The van der Waals surface area contributed by atoms with E-state index in [1.165, 1.54) is 18.6 Å². The maximum atomic E-state index is 14.0. The molecule has 188 valence electrons. The van der Waals surface area contributed by atoms with Gasteiger partial charge in [0.25, 0.3) is 11.5 Å². The standard InChI is InChI=1S/C27H23N3O6S/c1-5-29-19-9-7-6-8-18(19)21(24(29)32)23-25(33)30-22(16-10-12-17(13-11-16)36-15(3)31)20(26(34)35-4)14(2)28-27(30)37-23/h6-13,22H,5H2,1-4H3/t22-/m0/s1. The minimum absolute atomic E-state index is 0.208. The van der Waals surface area contributed by atoms with Gasteiger partial charge < -0.3 is 14.4 Å². The third kappa shape index (κ3) is 3.89. The fourth-order valence-electron chi connectivity index (χ4n) is 4.76. The molecule has 2 aliphatic rings. The van der Waals surface area contributed by atoms with Crippen molar-refractivity contribution in [2.45, 2.75) is 26.8 Å². The van der Waals surface area contributed by atoms with Crippen LogP contribution in [0.5, 0.6) is 5.75 Å². The second-order valence-electron chi connectivity index (χ2n) is 8.50. The number of esters is 2. The number of allylic oxidation sites excluding steroid dienone is 1. The highest BCUT2D eigenvalue weighted by atomic mass is 32.1. The first-order valence-corrected chi connectivity index (χ1v) is 12.4. The number of methoxy groups -OCH3 is 1. The average Bonchev–Trinajstić information content (AvgIpc) is 3.34. The number of fused-ring (bicyclic) bond motifs is 2. The molecule has 0 unspecified atom stereocenters. The van der Waals surface area contributed by atoms with Crippen molar-refractivity contribution in [2.24, 2.45) is 4.99 Å². The number of carbonyl (C=O) groups excluding carboxylic acids is 3. The normalized spacial score (nSPS) is 17.8. The number of likely N-dealkylation sites (N-methyl/N-ethyl adjacent to an activating group) is 1. The summed E-state index contributed by atoms with van der Waals surface area (Å²) in [6.45, 7) is 5.32. The summed E-state index contributed by atoms with van der Waals surface area (Å²) in [5, 5.41) is 0. The molecule has 37 heavy (non-hydrogen) atoms. The minimum Gasteiger partial charge on any atom is -0.466 e. The number of aromatic nitrogens is 1. The molecule has 9 nitrogen and oxygen atoms in total. The van der Waals surface area contributed by atoms with Crippen LogP contribution in [0.2, 0.25) is 0 Å². The summed E-state index contributed by atoms with van der Waals surface area (Å²) in [5.41, 5.74) is 2.54. The first-order valence-electron chi connectivity index (χ1n) is 11.6. The summed E-state index contributed by atoms with van der Waals surface area (Å²) >= 11 is 1.12. The van der Waals surface area contributed by atoms with Gasteiger partial charge in [0, 0.05) is 19.0 Å². The van der Waals surface area contributed by atoms with Gasteiger partial charge in [-0.05, 0) is 37.6 Å². The zero-order chi connectivity index (χ0) is 26.4. The second kappa shape index (κ2) is 9.29. The van der Waals surface area contributed by atoms with Crippen LogP contribution in [0.15, 0.2) is 69.6 Å². The minimum atomic E-state index is -0.849. The summed E-state index contributed by atoms with van der Waals surface area (Å²) in [7, 11) is 1.27. The summed E-state index contributed by atoms with van der Waals surface area (Å²) < 4.78 is 11.9. The van der Waals surface area contributed by atoms with Crippen molar-refractivity contribution in [3.8, 4) is 5.75 Å². The average molecular weight is 518 g/mol. The SMILES string of the molecule is CCN1C(=O)C(=c2sc3n(c2=O)[C@@H](c2ccc(OC(C)=O)cc2)C(C(=O)OC)=C(C)N=3)c2ccccc21. The van der Waals surface area contributed by atoms with Gasteiger partial charge in [-0.2, -0.15) is 0 Å². The van der Waals surface area contributed by atoms with Crippen molar-refractivity contribution in [3.05, 3.63) is 90.6 Å². The lowest BCUT2D eigenvalue weighted by Gasteiger charge is -2.24. The van der Waals surface area contributed by atoms with E-state index in [1.54, 1.807) is 36.1 Å². The van der Waals surface area contributed by atoms with Gasteiger partial charge in [-0.25, -0.2) is 9.79 Å². The topological polar surface area (TPSA) is 107 Å². The Morgan fingerprint density at radius 1 is 1.08 bits per heavy atom. The van der Waals surface area contributed by atoms with E-state index >= 15 is 0 Å². The smallest absolute Gasteiger partial charge is 0.338 e. The van der Waals surface area contributed by atoms with E-state index in [4.69, 9.17) is 9.47 Å². The van der Waals surface area contributed by atoms with Crippen LogP contribution in [-0.2, 0) is 19.1 Å². The van der Waals surface area contributed by atoms with Gasteiger partial charge in [0.2, 0.25) is 0 Å². The summed E-state index contributed by atoms with van der Waals surface area (Å²) in [6, 6.07) is 13.1. The van der Waals surface area contributed by atoms with E-state index < -0.39 is 23.5 Å². The highest BCUT2D eigenvalue weighted by molar-refractivity contribution is 7.07. The number of rotatable bonds is 4. The van der Waals surface area contributed by atoms with Crippen molar-refractivity contribution in [3.63, 3.8) is 0 Å². The zero-order valence-electron chi connectivity index (χ0n) is 20.6. The number of benzene rings is 2. The lowest BCUT2D eigenvalue weighted by atomic mass is 9.96. The van der Waals surface area contributed by atoms with E-state index in [0.717, 1.165) is 17.0 Å². The first-order chi connectivity index (χ1) is 17.8. The number of amides is 1. The number of carbonyl (C=O) groups is 3. The van der Waals surface area contributed by atoms with Crippen LogP contribution < -0.4 is 24.5 Å². The predicted octanol–water partition coefficient (Wildman–Crippen LogP) is 2.07. The second-order valence-corrected chi connectivity index (χ2v) is 9.48. The first kappa shape index (κ1) is 24.4. The Kier molecular flexibility index (Phi) is 6.12. The Balaban J connectivity index is 1.78. The Bertz CT molecular complexity index is 1680. The molecule has 5 rings (SSSR count). The summed E-state index contributed by atoms with van der Waals surface area (Å²) in [4.78, 5) is 58.2. The highest BCUT2D eigenvalue weighted by Gasteiger charge is 2.36. The third-order valence-electron chi connectivity index (χ3n) is 6.33. The Morgan fingerprint density at radius 2 is 1.78 bits per heavy atom. The van der Waals surface area contributed by atoms with Crippen molar-refractivity contribution >= 4 is 40.4 Å². The molecule has 3 heterocycles. The van der Waals surface area contributed by atoms with Gasteiger partial charge in [-0.3, -0.25) is 19.0 Å². The molecule has 0 aliphatic carbocycles. The van der Waals surface area contributed by atoms with Gasteiger partial charge >= 0.3 is 11.9 Å². The van der Waals surface area contributed by atoms with E-state index in [1.807, 2.05) is 31.2 Å². The molecule has 2 aromatic carbocycles. The number of hydrogen-bond donors (Lipinski definition) is 0. The van der Waals surface area contributed by atoms with Crippen LogP contribution in [0.4, 0.5) is 5.69 Å². The fourth-order valence-corrected chi connectivity index (χ4v) is 5.89. The highest BCUT2D eigenvalue weighted by Crippen LogP contribution is 2.35. The third-order valence-corrected chi connectivity index (χ3v) is 7.38. The lowest BCUT2D eigenvalue weighted by Crippen LogP contribution is -2.40. The number of para-hydroxylation sites is 1. The van der Waals surface area contributed by atoms with Crippen LogP contribution in [0.3, 0.4) is 0 Å². The molecule has 0 radical (unpaired) electrons. The van der Waals surface area contributed by atoms with Crippen LogP contribution in [0.1, 0.15) is 37.9 Å². The van der Waals surface area contributed by atoms with Crippen molar-refractivity contribution in [2.75, 3.05) is 18.6 Å².